The van der Waals surface area contributed by atoms with E-state index in [1.54, 1.807) is 6.20 Å². The molecular formula is C10H17N5S. The van der Waals surface area contributed by atoms with Gasteiger partial charge < -0.3 is 5.32 Å². The maximum Gasteiger partial charge on any atom is 0.156 e. The average Bonchev–Trinajstić information content (AvgIpc) is 2.80. The molecule has 1 N–H and O–H groups in total. The van der Waals surface area contributed by atoms with Gasteiger partial charge in [-0.1, -0.05) is 23.9 Å². The summed E-state index contributed by atoms with van der Waals surface area (Å²) in [5, 5.41) is 12.1. The molecule has 0 spiro atoms. The van der Waals surface area contributed by atoms with E-state index < -0.39 is 0 Å². The van der Waals surface area contributed by atoms with Gasteiger partial charge in [0.05, 0.1) is 6.20 Å². The summed E-state index contributed by atoms with van der Waals surface area (Å²) < 4.78 is 1.85. The molecule has 0 radical (unpaired) electrons. The molecule has 1 aromatic heterocycles. The number of rotatable bonds is 4. The molecule has 0 saturated heterocycles. The predicted molar refractivity (Wildman–Crippen MR) is 66.6 cm³/mol. The molecule has 0 fully saturated rings. The summed E-state index contributed by atoms with van der Waals surface area (Å²) in [6.07, 6.45) is 4.63. The van der Waals surface area contributed by atoms with Crippen molar-refractivity contribution in [2.75, 3.05) is 18.8 Å². The number of hydrogen-bond acceptors (Lipinski definition) is 5. The van der Waals surface area contributed by atoms with E-state index in [0.29, 0.717) is 5.92 Å². The Bertz CT molecular complexity index is 335. The smallest absolute Gasteiger partial charge is 0.156 e. The zero-order chi connectivity index (χ0) is 11.2. The maximum absolute atomic E-state index is 4.48. The van der Waals surface area contributed by atoms with Crippen LogP contribution in [0.15, 0.2) is 17.4 Å². The molecule has 16 heavy (non-hydrogen) atoms. The molecule has 0 aliphatic carbocycles. The first-order chi connectivity index (χ1) is 7.84. The fourth-order valence-corrected chi connectivity index (χ4v) is 2.37. The van der Waals surface area contributed by atoms with Crippen LogP contribution in [0.1, 0.15) is 13.3 Å². The second-order valence-corrected chi connectivity index (χ2v) is 5.02. The second-order valence-electron chi connectivity index (χ2n) is 4.01. The van der Waals surface area contributed by atoms with Gasteiger partial charge in [-0.15, -0.1) is 5.10 Å². The van der Waals surface area contributed by atoms with E-state index >= 15 is 0 Å². The van der Waals surface area contributed by atoms with Crippen LogP contribution in [0.3, 0.4) is 0 Å². The van der Waals surface area contributed by atoms with Gasteiger partial charge in [0.2, 0.25) is 0 Å². The topological polar surface area (TPSA) is 55.1 Å². The second kappa shape index (κ2) is 5.89. The lowest BCUT2D eigenvalue weighted by Gasteiger charge is -2.17. The van der Waals surface area contributed by atoms with Crippen LogP contribution in [0.2, 0.25) is 0 Å². The van der Waals surface area contributed by atoms with E-state index in [1.807, 2.05) is 22.6 Å². The van der Waals surface area contributed by atoms with Crippen LogP contribution in [0, 0.1) is 5.92 Å². The molecule has 1 aliphatic heterocycles. The number of aryl methyl sites for hydroxylation is 1. The summed E-state index contributed by atoms with van der Waals surface area (Å²) in [6, 6.07) is 0. The van der Waals surface area contributed by atoms with Gasteiger partial charge in [-0.2, -0.15) is 0 Å². The Kier molecular flexibility index (Phi) is 4.21. The van der Waals surface area contributed by atoms with Gasteiger partial charge in [0.1, 0.15) is 0 Å². The predicted octanol–water partition coefficient (Wildman–Crippen LogP) is 0.997. The van der Waals surface area contributed by atoms with Gasteiger partial charge in [-0.3, -0.25) is 9.67 Å². The van der Waals surface area contributed by atoms with Crippen molar-refractivity contribution in [2.24, 2.45) is 10.9 Å². The molecule has 6 heteroatoms. The quantitative estimate of drug-likeness (QED) is 0.796. The van der Waals surface area contributed by atoms with E-state index in [0.717, 1.165) is 31.2 Å². The van der Waals surface area contributed by atoms with Gasteiger partial charge >= 0.3 is 0 Å². The number of aromatic nitrogens is 3. The van der Waals surface area contributed by atoms with Crippen molar-refractivity contribution in [1.82, 2.24) is 20.3 Å². The summed E-state index contributed by atoms with van der Waals surface area (Å²) in [4.78, 5) is 4.48. The Labute approximate surface area is 99.7 Å². The lowest BCUT2D eigenvalue weighted by molar-refractivity contribution is 0.554. The lowest BCUT2D eigenvalue weighted by Crippen LogP contribution is -2.27. The zero-order valence-corrected chi connectivity index (χ0v) is 10.3. The molecular weight excluding hydrogens is 222 g/mol. The van der Waals surface area contributed by atoms with Crippen LogP contribution in [0.25, 0.3) is 0 Å². The van der Waals surface area contributed by atoms with Crippen molar-refractivity contribution in [3.63, 3.8) is 0 Å². The van der Waals surface area contributed by atoms with Crippen LogP contribution in [-0.4, -0.2) is 39.0 Å². The highest BCUT2D eigenvalue weighted by molar-refractivity contribution is 8.13. The largest absolute Gasteiger partial charge is 0.365 e. The van der Waals surface area contributed by atoms with E-state index in [1.165, 1.54) is 5.75 Å². The molecule has 1 aromatic rings. The van der Waals surface area contributed by atoms with Crippen molar-refractivity contribution in [3.8, 4) is 0 Å². The van der Waals surface area contributed by atoms with Crippen LogP contribution in [-0.2, 0) is 6.54 Å². The van der Waals surface area contributed by atoms with E-state index in [-0.39, 0.29) is 0 Å². The molecule has 5 nitrogen and oxygen atoms in total. The summed E-state index contributed by atoms with van der Waals surface area (Å²) in [5.41, 5.74) is 0. The third kappa shape index (κ3) is 3.52. The lowest BCUT2D eigenvalue weighted by atomic mass is 10.2. The normalized spacial score (nSPS) is 20.6. The first-order valence-electron chi connectivity index (χ1n) is 5.60. The summed E-state index contributed by atoms with van der Waals surface area (Å²) >= 11 is 1.82. The first-order valence-corrected chi connectivity index (χ1v) is 6.58. The molecule has 2 heterocycles. The van der Waals surface area contributed by atoms with Crippen molar-refractivity contribution in [2.45, 2.75) is 19.9 Å². The van der Waals surface area contributed by atoms with E-state index in [2.05, 4.69) is 27.5 Å². The van der Waals surface area contributed by atoms with Crippen molar-refractivity contribution >= 4 is 16.9 Å². The van der Waals surface area contributed by atoms with E-state index in [4.69, 9.17) is 0 Å². The zero-order valence-electron chi connectivity index (χ0n) is 9.46. The minimum absolute atomic E-state index is 0.714. The van der Waals surface area contributed by atoms with Gasteiger partial charge in [-0.05, 0) is 12.3 Å². The number of amidine groups is 1. The van der Waals surface area contributed by atoms with Crippen molar-refractivity contribution < 1.29 is 0 Å². The Morgan fingerprint density at radius 2 is 2.56 bits per heavy atom. The van der Waals surface area contributed by atoms with Gasteiger partial charge in [0.15, 0.2) is 5.17 Å². The Balaban J connectivity index is 1.61. The summed E-state index contributed by atoms with van der Waals surface area (Å²) in [7, 11) is 0. The third-order valence-electron chi connectivity index (χ3n) is 2.36. The van der Waals surface area contributed by atoms with Crippen molar-refractivity contribution in [3.05, 3.63) is 12.4 Å². The monoisotopic (exact) mass is 239 g/mol. The maximum atomic E-state index is 4.48. The van der Waals surface area contributed by atoms with Gasteiger partial charge in [-0.25, -0.2) is 0 Å². The minimum Gasteiger partial charge on any atom is -0.365 e. The molecule has 0 bridgehead atoms. The van der Waals surface area contributed by atoms with Crippen LogP contribution >= 0.6 is 11.8 Å². The van der Waals surface area contributed by atoms with E-state index in [9.17, 15) is 0 Å². The molecule has 1 unspecified atom stereocenters. The Morgan fingerprint density at radius 3 is 3.25 bits per heavy atom. The first kappa shape index (κ1) is 11.4. The number of aliphatic imine (C=N–C) groups is 1. The highest BCUT2D eigenvalue weighted by atomic mass is 32.2. The SMILES string of the molecule is CC1CN=C(NCCCn2ccnn2)SC1. The number of nitrogens with zero attached hydrogens (tertiary/aromatic N) is 4. The molecule has 1 atom stereocenters. The average molecular weight is 239 g/mol. The van der Waals surface area contributed by atoms with Gasteiger partial charge in [0, 0.05) is 31.6 Å². The highest BCUT2D eigenvalue weighted by Crippen LogP contribution is 2.15. The number of hydrogen-bond donors (Lipinski definition) is 1. The number of nitrogens with one attached hydrogen (secondary N) is 1. The standard InChI is InChI=1S/C10H17N5S/c1-9-7-12-10(16-8-9)11-3-2-5-15-6-4-13-14-15/h4,6,9H,2-3,5,7-8H2,1H3,(H,11,12). The summed E-state index contributed by atoms with van der Waals surface area (Å²) in [6.45, 7) is 5.04. The summed E-state index contributed by atoms with van der Waals surface area (Å²) in [5.74, 6) is 1.89. The Morgan fingerprint density at radius 1 is 1.62 bits per heavy atom. The van der Waals surface area contributed by atoms with Crippen LogP contribution in [0.4, 0.5) is 0 Å². The van der Waals surface area contributed by atoms with Crippen LogP contribution in [0.5, 0.6) is 0 Å². The molecule has 0 amide bonds. The fourth-order valence-electron chi connectivity index (χ4n) is 1.45. The molecule has 1 aliphatic rings. The molecule has 0 saturated carbocycles. The van der Waals surface area contributed by atoms with Crippen LogP contribution < -0.4 is 5.32 Å². The number of thioether (sulfide) groups is 1. The minimum atomic E-state index is 0.714. The third-order valence-corrected chi connectivity index (χ3v) is 3.65. The van der Waals surface area contributed by atoms with Gasteiger partial charge in [0.25, 0.3) is 0 Å². The molecule has 2 rings (SSSR count). The van der Waals surface area contributed by atoms with Crippen molar-refractivity contribution in [1.29, 1.82) is 0 Å². The molecule has 0 aromatic carbocycles. The Hall–Kier alpha value is -1.04. The molecule has 88 valence electrons. The highest BCUT2D eigenvalue weighted by Gasteiger charge is 2.10. The fraction of sp³-hybridized carbons (Fsp3) is 0.700.